The van der Waals surface area contributed by atoms with Gasteiger partial charge in [0.2, 0.25) is 5.91 Å². The van der Waals surface area contributed by atoms with Crippen LogP contribution < -0.4 is 15.4 Å². The molecule has 1 aliphatic heterocycles. The topological polar surface area (TPSA) is 67.4 Å². The molecule has 2 aromatic rings. The van der Waals surface area contributed by atoms with Gasteiger partial charge in [0, 0.05) is 24.9 Å². The average Bonchev–Trinajstić information content (AvgIpc) is 3.10. The Morgan fingerprint density at radius 1 is 1.22 bits per heavy atom. The van der Waals surface area contributed by atoms with Gasteiger partial charge in [-0.15, -0.1) is 11.3 Å². The van der Waals surface area contributed by atoms with E-state index in [2.05, 4.69) is 10.6 Å². The summed E-state index contributed by atoms with van der Waals surface area (Å²) in [5, 5.41) is 7.63. The number of hydrogen-bond acceptors (Lipinski definition) is 4. The zero-order valence-corrected chi connectivity index (χ0v) is 13.4. The van der Waals surface area contributed by atoms with Gasteiger partial charge < -0.3 is 15.4 Å². The van der Waals surface area contributed by atoms with E-state index in [1.165, 1.54) is 11.3 Å². The molecule has 3 rings (SSSR count). The molecule has 0 saturated heterocycles. The highest BCUT2D eigenvalue weighted by molar-refractivity contribution is 7.12. The van der Waals surface area contributed by atoms with Gasteiger partial charge in [0.05, 0.1) is 17.5 Å². The fraction of sp³-hybridized carbons (Fsp3) is 0.294. The molecular weight excluding hydrogens is 312 g/mol. The largest absolute Gasteiger partial charge is 0.493 e. The number of rotatable bonds is 5. The minimum Gasteiger partial charge on any atom is -0.493 e. The maximum Gasteiger partial charge on any atom is 0.261 e. The Balaban J connectivity index is 1.48. The van der Waals surface area contributed by atoms with E-state index >= 15 is 0 Å². The summed E-state index contributed by atoms with van der Waals surface area (Å²) in [5.74, 6) is 0.623. The Morgan fingerprint density at radius 2 is 2.09 bits per heavy atom. The highest BCUT2D eigenvalue weighted by Gasteiger charge is 2.22. The Bertz CT molecular complexity index is 685. The van der Waals surface area contributed by atoms with Crippen molar-refractivity contribution in [3.05, 3.63) is 52.2 Å². The molecular formula is C17H18N2O3S. The SMILES string of the molecule is O=C(CCNC(=O)c1cccs1)NC1CCOc2ccccc21. The quantitative estimate of drug-likeness (QED) is 0.885. The van der Waals surface area contributed by atoms with E-state index in [9.17, 15) is 9.59 Å². The summed E-state index contributed by atoms with van der Waals surface area (Å²) in [4.78, 5) is 24.5. The van der Waals surface area contributed by atoms with E-state index in [0.717, 1.165) is 17.7 Å². The van der Waals surface area contributed by atoms with Crippen molar-refractivity contribution in [2.24, 2.45) is 0 Å². The molecule has 2 N–H and O–H groups in total. The van der Waals surface area contributed by atoms with E-state index in [-0.39, 0.29) is 24.3 Å². The number of benzene rings is 1. The van der Waals surface area contributed by atoms with Crippen LogP contribution >= 0.6 is 11.3 Å². The molecule has 0 fully saturated rings. The lowest BCUT2D eigenvalue weighted by atomic mass is 10.0. The lowest BCUT2D eigenvalue weighted by Crippen LogP contribution is -2.34. The lowest BCUT2D eigenvalue weighted by Gasteiger charge is -2.26. The number of para-hydroxylation sites is 1. The number of carbonyl (C=O) groups excluding carboxylic acids is 2. The van der Waals surface area contributed by atoms with E-state index in [0.29, 0.717) is 18.0 Å². The summed E-state index contributed by atoms with van der Waals surface area (Å²) >= 11 is 1.38. The molecule has 2 heterocycles. The van der Waals surface area contributed by atoms with Gasteiger partial charge in [-0.25, -0.2) is 0 Å². The number of hydrogen-bond donors (Lipinski definition) is 2. The first-order valence-corrected chi connectivity index (χ1v) is 8.45. The molecule has 0 spiro atoms. The smallest absolute Gasteiger partial charge is 0.261 e. The van der Waals surface area contributed by atoms with Crippen LogP contribution in [0.3, 0.4) is 0 Å². The maximum absolute atomic E-state index is 12.1. The average molecular weight is 330 g/mol. The molecule has 0 bridgehead atoms. The number of nitrogens with one attached hydrogen (secondary N) is 2. The van der Waals surface area contributed by atoms with Crippen LogP contribution in [-0.4, -0.2) is 25.0 Å². The van der Waals surface area contributed by atoms with Crippen molar-refractivity contribution in [2.75, 3.05) is 13.2 Å². The van der Waals surface area contributed by atoms with Gasteiger partial charge in [-0.3, -0.25) is 9.59 Å². The minimum absolute atomic E-state index is 0.0274. The van der Waals surface area contributed by atoms with E-state index < -0.39 is 0 Å². The standard InChI is InChI=1S/C17H18N2O3S/c20-16(7-9-18-17(21)15-6-3-11-23-15)19-13-8-10-22-14-5-2-1-4-12(13)14/h1-6,11,13H,7-10H2,(H,18,21)(H,19,20). The van der Waals surface area contributed by atoms with E-state index in [4.69, 9.17) is 4.74 Å². The zero-order chi connectivity index (χ0) is 16.1. The predicted octanol–water partition coefficient (Wildman–Crippen LogP) is 2.51. The second-order valence-electron chi connectivity index (χ2n) is 5.28. The molecule has 120 valence electrons. The first-order chi connectivity index (χ1) is 11.2. The van der Waals surface area contributed by atoms with Crippen LogP contribution in [0.1, 0.15) is 34.1 Å². The Labute approximate surface area is 138 Å². The molecule has 1 unspecified atom stereocenters. The van der Waals surface area contributed by atoms with Gasteiger partial charge in [-0.2, -0.15) is 0 Å². The van der Waals surface area contributed by atoms with Gasteiger partial charge in [0.1, 0.15) is 5.75 Å². The van der Waals surface area contributed by atoms with Gasteiger partial charge in [-0.05, 0) is 17.5 Å². The van der Waals surface area contributed by atoms with Crippen LogP contribution in [0.5, 0.6) is 5.75 Å². The highest BCUT2D eigenvalue weighted by Crippen LogP contribution is 2.31. The van der Waals surface area contributed by atoms with Crippen molar-refractivity contribution in [2.45, 2.75) is 18.9 Å². The van der Waals surface area contributed by atoms with Gasteiger partial charge in [0.15, 0.2) is 0 Å². The van der Waals surface area contributed by atoms with Crippen molar-refractivity contribution in [3.63, 3.8) is 0 Å². The van der Waals surface area contributed by atoms with Crippen LogP contribution in [-0.2, 0) is 4.79 Å². The summed E-state index contributed by atoms with van der Waals surface area (Å²) in [7, 11) is 0. The first kappa shape index (κ1) is 15.6. The molecule has 1 aliphatic rings. The van der Waals surface area contributed by atoms with Crippen LogP contribution in [0, 0.1) is 0 Å². The van der Waals surface area contributed by atoms with Gasteiger partial charge in [0.25, 0.3) is 5.91 Å². The molecule has 0 aliphatic carbocycles. The van der Waals surface area contributed by atoms with Crippen molar-refractivity contribution in [3.8, 4) is 5.75 Å². The predicted molar refractivity (Wildman–Crippen MR) is 88.7 cm³/mol. The molecule has 1 aromatic carbocycles. The summed E-state index contributed by atoms with van der Waals surface area (Å²) < 4.78 is 5.58. The third-order valence-corrected chi connectivity index (χ3v) is 4.54. The van der Waals surface area contributed by atoms with Gasteiger partial charge in [-0.1, -0.05) is 24.3 Å². The normalized spacial score (nSPS) is 16.1. The summed E-state index contributed by atoms with van der Waals surface area (Å²) in [5.41, 5.74) is 1.01. The monoisotopic (exact) mass is 330 g/mol. The third-order valence-electron chi connectivity index (χ3n) is 3.68. The van der Waals surface area contributed by atoms with Crippen LogP contribution in [0.4, 0.5) is 0 Å². The molecule has 1 aromatic heterocycles. The molecule has 0 saturated carbocycles. The maximum atomic E-state index is 12.1. The number of amides is 2. The van der Waals surface area contributed by atoms with Crippen LogP contribution in [0.2, 0.25) is 0 Å². The fourth-order valence-electron chi connectivity index (χ4n) is 2.54. The molecule has 5 nitrogen and oxygen atoms in total. The fourth-order valence-corrected chi connectivity index (χ4v) is 3.18. The van der Waals surface area contributed by atoms with Crippen molar-refractivity contribution in [1.29, 1.82) is 0 Å². The van der Waals surface area contributed by atoms with Crippen LogP contribution in [0.25, 0.3) is 0 Å². The first-order valence-electron chi connectivity index (χ1n) is 7.57. The minimum atomic E-state index is -0.135. The molecule has 6 heteroatoms. The zero-order valence-electron chi connectivity index (χ0n) is 12.6. The van der Waals surface area contributed by atoms with E-state index in [1.807, 2.05) is 35.7 Å². The lowest BCUT2D eigenvalue weighted by molar-refractivity contribution is -0.121. The van der Waals surface area contributed by atoms with Crippen molar-refractivity contribution in [1.82, 2.24) is 10.6 Å². The second-order valence-corrected chi connectivity index (χ2v) is 6.23. The Kier molecular flexibility index (Phi) is 4.92. The highest BCUT2D eigenvalue weighted by atomic mass is 32.1. The van der Waals surface area contributed by atoms with E-state index in [1.54, 1.807) is 6.07 Å². The number of carbonyl (C=O) groups is 2. The molecule has 2 amide bonds. The number of ether oxygens (including phenoxy) is 1. The number of fused-ring (bicyclic) bond motifs is 1. The van der Waals surface area contributed by atoms with Gasteiger partial charge >= 0.3 is 0 Å². The molecule has 23 heavy (non-hydrogen) atoms. The molecule has 0 radical (unpaired) electrons. The Morgan fingerprint density at radius 3 is 2.91 bits per heavy atom. The van der Waals surface area contributed by atoms with Crippen molar-refractivity contribution >= 4 is 23.2 Å². The summed E-state index contributed by atoms with van der Waals surface area (Å²) in [6, 6.07) is 11.3. The third kappa shape index (κ3) is 3.90. The second kappa shape index (κ2) is 7.28. The summed E-state index contributed by atoms with van der Waals surface area (Å²) in [6.07, 6.45) is 1.01. The summed E-state index contributed by atoms with van der Waals surface area (Å²) in [6.45, 7) is 0.921. The molecule has 1 atom stereocenters. The Hall–Kier alpha value is -2.34. The number of thiophene rings is 1. The van der Waals surface area contributed by atoms with Crippen molar-refractivity contribution < 1.29 is 14.3 Å². The van der Waals surface area contributed by atoms with Crippen LogP contribution in [0.15, 0.2) is 41.8 Å².